The molecule has 1 heterocycles. The van der Waals surface area contributed by atoms with E-state index in [0.717, 1.165) is 5.69 Å². The Morgan fingerprint density at radius 2 is 2.19 bits per heavy atom. The van der Waals surface area contributed by atoms with Crippen molar-refractivity contribution in [3.8, 4) is 11.1 Å². The van der Waals surface area contributed by atoms with Gasteiger partial charge in [0.05, 0.1) is 10.6 Å². The van der Waals surface area contributed by atoms with Gasteiger partial charge in [-0.05, 0) is 18.6 Å². The van der Waals surface area contributed by atoms with E-state index in [1.807, 2.05) is 6.92 Å². The van der Waals surface area contributed by atoms with E-state index < -0.39 is 5.82 Å². The Balaban J connectivity index is 2.71. The van der Waals surface area contributed by atoms with Crippen LogP contribution in [0.5, 0.6) is 0 Å². The molecule has 0 fully saturated rings. The molecule has 0 spiro atoms. The molecule has 0 aliphatic heterocycles. The lowest BCUT2D eigenvalue weighted by Gasteiger charge is -2.06. The molecule has 0 amide bonds. The van der Waals surface area contributed by atoms with Crippen molar-refractivity contribution in [1.82, 2.24) is 10.2 Å². The van der Waals surface area contributed by atoms with Crippen LogP contribution in [0.2, 0.25) is 5.02 Å². The van der Waals surface area contributed by atoms with Gasteiger partial charge in [-0.1, -0.05) is 24.6 Å². The van der Waals surface area contributed by atoms with Gasteiger partial charge in [0.25, 0.3) is 0 Å². The van der Waals surface area contributed by atoms with Gasteiger partial charge in [0.15, 0.2) is 5.82 Å². The summed E-state index contributed by atoms with van der Waals surface area (Å²) in [5, 5.41) is 6.99. The molecule has 2 rings (SSSR count). The maximum atomic E-state index is 13.7. The first-order chi connectivity index (χ1) is 7.65. The Labute approximate surface area is 97.4 Å². The van der Waals surface area contributed by atoms with Gasteiger partial charge < -0.3 is 5.73 Å². The van der Waals surface area contributed by atoms with Crippen LogP contribution in [0, 0.1) is 5.82 Å². The van der Waals surface area contributed by atoms with Crippen LogP contribution >= 0.6 is 11.6 Å². The Kier molecular flexibility index (Phi) is 2.83. The molecule has 1 aromatic heterocycles. The zero-order valence-electron chi connectivity index (χ0n) is 8.72. The second-order valence-corrected chi connectivity index (χ2v) is 3.82. The number of nitrogens with one attached hydrogen (secondary N) is 1. The van der Waals surface area contributed by atoms with E-state index in [4.69, 9.17) is 17.3 Å². The van der Waals surface area contributed by atoms with Crippen molar-refractivity contribution in [2.45, 2.75) is 13.3 Å². The second kappa shape index (κ2) is 4.14. The molecule has 16 heavy (non-hydrogen) atoms. The molecule has 0 saturated heterocycles. The van der Waals surface area contributed by atoms with Crippen LogP contribution < -0.4 is 5.73 Å². The third-order valence-electron chi connectivity index (χ3n) is 2.44. The monoisotopic (exact) mass is 239 g/mol. The normalized spacial score (nSPS) is 10.7. The van der Waals surface area contributed by atoms with Crippen molar-refractivity contribution in [2.75, 3.05) is 5.73 Å². The van der Waals surface area contributed by atoms with Crippen molar-refractivity contribution < 1.29 is 4.39 Å². The van der Waals surface area contributed by atoms with Crippen molar-refractivity contribution in [3.05, 3.63) is 34.7 Å². The molecule has 84 valence electrons. The summed E-state index contributed by atoms with van der Waals surface area (Å²) in [5.74, 6) is -0.126. The summed E-state index contributed by atoms with van der Waals surface area (Å²) in [6, 6.07) is 4.54. The Bertz CT molecular complexity index is 502. The van der Waals surface area contributed by atoms with Crippen LogP contribution in [0.3, 0.4) is 0 Å². The quantitative estimate of drug-likeness (QED) is 0.847. The summed E-state index contributed by atoms with van der Waals surface area (Å²) in [6.07, 6.45) is 0.685. The molecule has 2 aromatic rings. The number of nitrogen functional groups attached to an aromatic ring is 1. The van der Waals surface area contributed by atoms with Crippen LogP contribution in [-0.2, 0) is 6.42 Å². The summed E-state index contributed by atoms with van der Waals surface area (Å²) in [6.45, 7) is 1.94. The average Bonchev–Trinajstić information content (AvgIpc) is 2.60. The first-order valence-corrected chi connectivity index (χ1v) is 5.30. The first kappa shape index (κ1) is 11.0. The number of nitrogens with zero attached hydrogens (tertiary/aromatic N) is 1. The Morgan fingerprint density at radius 1 is 1.44 bits per heavy atom. The van der Waals surface area contributed by atoms with E-state index in [1.165, 1.54) is 6.07 Å². The molecule has 0 aliphatic carbocycles. The van der Waals surface area contributed by atoms with Gasteiger partial charge in [0.2, 0.25) is 0 Å². The summed E-state index contributed by atoms with van der Waals surface area (Å²) in [4.78, 5) is 0. The van der Waals surface area contributed by atoms with Crippen molar-refractivity contribution in [2.24, 2.45) is 0 Å². The molecular formula is C11H11ClFN3. The van der Waals surface area contributed by atoms with E-state index in [1.54, 1.807) is 12.1 Å². The maximum absolute atomic E-state index is 13.7. The number of nitrogens with two attached hydrogens (primary N) is 1. The summed E-state index contributed by atoms with van der Waals surface area (Å²) in [7, 11) is 0. The molecule has 1 aromatic carbocycles. The highest BCUT2D eigenvalue weighted by Gasteiger charge is 2.18. The van der Waals surface area contributed by atoms with Gasteiger partial charge in [0, 0.05) is 11.3 Å². The number of halogens is 2. The van der Waals surface area contributed by atoms with Crippen LogP contribution in [-0.4, -0.2) is 10.2 Å². The second-order valence-electron chi connectivity index (χ2n) is 3.41. The number of benzene rings is 1. The van der Waals surface area contributed by atoms with Gasteiger partial charge in [-0.25, -0.2) is 4.39 Å². The molecular weight excluding hydrogens is 229 g/mol. The highest BCUT2D eigenvalue weighted by Crippen LogP contribution is 2.35. The van der Waals surface area contributed by atoms with Crippen LogP contribution in [0.15, 0.2) is 18.2 Å². The standard InChI is InChI=1S/C11H11ClFN3/c1-2-8-10(11(14)16-15-8)9-6(12)4-3-5-7(9)13/h3-5H,2H2,1H3,(H3,14,15,16). The number of anilines is 1. The topological polar surface area (TPSA) is 54.7 Å². The summed E-state index contributed by atoms with van der Waals surface area (Å²) < 4.78 is 13.7. The fourth-order valence-electron chi connectivity index (χ4n) is 1.67. The van der Waals surface area contributed by atoms with Crippen molar-refractivity contribution in [1.29, 1.82) is 0 Å². The van der Waals surface area contributed by atoms with Gasteiger partial charge in [-0.15, -0.1) is 0 Å². The van der Waals surface area contributed by atoms with Gasteiger partial charge >= 0.3 is 0 Å². The average molecular weight is 240 g/mol. The molecule has 0 aliphatic rings. The van der Waals surface area contributed by atoms with Gasteiger partial charge in [-0.3, -0.25) is 5.10 Å². The maximum Gasteiger partial charge on any atom is 0.153 e. The third kappa shape index (κ3) is 1.65. The minimum Gasteiger partial charge on any atom is -0.382 e. The largest absolute Gasteiger partial charge is 0.382 e. The minimum atomic E-state index is -0.393. The number of H-pyrrole nitrogens is 1. The van der Waals surface area contributed by atoms with Crippen LogP contribution in [0.25, 0.3) is 11.1 Å². The zero-order valence-corrected chi connectivity index (χ0v) is 9.48. The predicted molar refractivity (Wildman–Crippen MR) is 62.8 cm³/mol. The van der Waals surface area contributed by atoms with Crippen LogP contribution in [0.4, 0.5) is 10.2 Å². The minimum absolute atomic E-state index is 0.267. The summed E-state index contributed by atoms with van der Waals surface area (Å²) >= 11 is 5.98. The number of hydrogen-bond donors (Lipinski definition) is 2. The molecule has 3 nitrogen and oxygen atoms in total. The predicted octanol–water partition coefficient (Wildman–Crippen LogP) is 3.01. The van der Waals surface area contributed by atoms with Gasteiger partial charge in [0.1, 0.15) is 5.82 Å². The number of aromatic nitrogens is 2. The van der Waals surface area contributed by atoms with E-state index >= 15 is 0 Å². The third-order valence-corrected chi connectivity index (χ3v) is 2.75. The van der Waals surface area contributed by atoms with E-state index in [-0.39, 0.29) is 5.82 Å². The highest BCUT2D eigenvalue weighted by molar-refractivity contribution is 6.33. The highest BCUT2D eigenvalue weighted by atomic mass is 35.5. The number of hydrogen-bond acceptors (Lipinski definition) is 2. The molecule has 0 atom stereocenters. The van der Waals surface area contributed by atoms with E-state index in [0.29, 0.717) is 22.6 Å². The number of rotatable bonds is 2. The Hall–Kier alpha value is -1.55. The lowest BCUT2D eigenvalue weighted by molar-refractivity contribution is 0.631. The first-order valence-electron chi connectivity index (χ1n) is 4.92. The lowest BCUT2D eigenvalue weighted by Crippen LogP contribution is -1.93. The molecule has 3 N–H and O–H groups in total. The molecule has 0 radical (unpaired) electrons. The number of aryl methyl sites for hydroxylation is 1. The molecule has 0 saturated carbocycles. The van der Waals surface area contributed by atoms with Crippen molar-refractivity contribution in [3.63, 3.8) is 0 Å². The molecule has 0 unspecified atom stereocenters. The SMILES string of the molecule is CCc1[nH]nc(N)c1-c1c(F)cccc1Cl. The molecule has 5 heteroatoms. The van der Waals surface area contributed by atoms with Crippen molar-refractivity contribution >= 4 is 17.4 Å². The fraction of sp³-hybridized carbons (Fsp3) is 0.182. The summed E-state index contributed by atoms with van der Waals surface area (Å²) in [5.41, 5.74) is 7.37. The lowest BCUT2D eigenvalue weighted by atomic mass is 10.0. The van der Waals surface area contributed by atoms with Crippen LogP contribution in [0.1, 0.15) is 12.6 Å². The molecule has 0 bridgehead atoms. The smallest absolute Gasteiger partial charge is 0.153 e. The van der Waals surface area contributed by atoms with E-state index in [9.17, 15) is 4.39 Å². The fourth-order valence-corrected chi connectivity index (χ4v) is 1.92. The zero-order chi connectivity index (χ0) is 11.7. The van der Waals surface area contributed by atoms with Gasteiger partial charge in [-0.2, -0.15) is 5.10 Å². The number of aromatic amines is 1. The van der Waals surface area contributed by atoms with E-state index in [2.05, 4.69) is 10.2 Å². The Morgan fingerprint density at radius 3 is 2.81 bits per heavy atom.